The van der Waals surface area contributed by atoms with E-state index in [1.54, 1.807) is 43.3 Å². The molecule has 11 heteroatoms. The van der Waals surface area contributed by atoms with Gasteiger partial charge in [0.1, 0.15) is 23.4 Å². The fourth-order valence-electron chi connectivity index (χ4n) is 4.37. The Morgan fingerprint density at radius 1 is 1.20 bits per heavy atom. The van der Waals surface area contributed by atoms with Gasteiger partial charge < -0.3 is 4.42 Å². The lowest BCUT2D eigenvalue weighted by molar-refractivity contribution is 0.278. The van der Waals surface area contributed by atoms with Gasteiger partial charge in [0.2, 0.25) is 15.9 Å². The summed E-state index contributed by atoms with van der Waals surface area (Å²) in [6.45, 7) is 2.59. The molecular weight excluding hydrogens is 478 g/mol. The Bertz CT molecular complexity index is 1430. The average molecular weight is 503 g/mol. The Labute approximate surface area is 201 Å². The second kappa shape index (κ2) is 9.71. The predicted molar refractivity (Wildman–Crippen MR) is 123 cm³/mol. The van der Waals surface area contributed by atoms with Crippen molar-refractivity contribution in [2.24, 2.45) is 0 Å². The summed E-state index contributed by atoms with van der Waals surface area (Å²) in [5.41, 5.74) is 0.463. The van der Waals surface area contributed by atoms with Gasteiger partial charge in [-0.1, -0.05) is 30.3 Å². The van der Waals surface area contributed by atoms with Gasteiger partial charge in [-0.15, -0.1) is 5.10 Å². The summed E-state index contributed by atoms with van der Waals surface area (Å²) in [6, 6.07) is 12.2. The van der Waals surface area contributed by atoms with Gasteiger partial charge in [-0.25, -0.2) is 22.0 Å². The van der Waals surface area contributed by atoms with Gasteiger partial charge in [0.25, 0.3) is 0 Å². The van der Waals surface area contributed by atoms with Crippen LogP contribution < -0.4 is 5.76 Å². The van der Waals surface area contributed by atoms with E-state index in [-0.39, 0.29) is 36.1 Å². The van der Waals surface area contributed by atoms with Crippen LogP contribution >= 0.6 is 0 Å². The van der Waals surface area contributed by atoms with Gasteiger partial charge in [0, 0.05) is 23.7 Å². The summed E-state index contributed by atoms with van der Waals surface area (Å²) in [7, 11) is -3.82. The van der Waals surface area contributed by atoms with Crippen LogP contribution in [0.1, 0.15) is 60.4 Å². The Balaban J connectivity index is 1.63. The van der Waals surface area contributed by atoms with Crippen molar-refractivity contribution >= 4 is 10.0 Å². The molecule has 3 atom stereocenters. The second-order valence-electron chi connectivity index (χ2n) is 8.62. The Kier molecular flexibility index (Phi) is 6.87. The van der Waals surface area contributed by atoms with Crippen LogP contribution in [-0.4, -0.2) is 28.5 Å². The van der Waals surface area contributed by atoms with Crippen LogP contribution in [0.4, 0.5) is 8.78 Å². The zero-order chi connectivity index (χ0) is 25.3. The van der Waals surface area contributed by atoms with Crippen LogP contribution in [0, 0.1) is 23.0 Å². The average Bonchev–Trinajstić information content (AvgIpc) is 3.19. The van der Waals surface area contributed by atoms with E-state index in [4.69, 9.17) is 9.68 Å². The molecule has 4 rings (SSSR count). The first-order chi connectivity index (χ1) is 16.6. The van der Waals surface area contributed by atoms with Crippen molar-refractivity contribution < 1.29 is 21.6 Å². The molecule has 2 aromatic carbocycles. The number of sulfonamides is 1. The van der Waals surface area contributed by atoms with Crippen molar-refractivity contribution in [2.45, 2.75) is 57.0 Å². The molecule has 1 aliphatic rings. The van der Waals surface area contributed by atoms with E-state index in [0.29, 0.717) is 18.4 Å². The third kappa shape index (κ3) is 4.76. The molecule has 184 valence electrons. The largest absolute Gasteiger partial charge is 0.438 e. The van der Waals surface area contributed by atoms with Crippen molar-refractivity contribution in [2.75, 3.05) is 0 Å². The summed E-state index contributed by atoms with van der Waals surface area (Å²) in [6.07, 6.45) is 1.03. The molecule has 1 unspecified atom stereocenters. The molecule has 0 radical (unpaired) electrons. The monoisotopic (exact) mass is 502 g/mol. The summed E-state index contributed by atoms with van der Waals surface area (Å²) in [4.78, 5) is 11.8. The number of rotatable bonds is 6. The lowest BCUT2D eigenvalue weighted by atomic mass is 9.98. The number of hydrogen-bond donors (Lipinski definition) is 0. The highest BCUT2D eigenvalue weighted by Gasteiger charge is 2.40. The molecule has 0 saturated carbocycles. The molecule has 0 amide bonds. The lowest BCUT2D eigenvalue weighted by Crippen LogP contribution is -2.44. The number of hydrogen-bond acceptors (Lipinski definition) is 6. The first-order valence-corrected chi connectivity index (χ1v) is 12.6. The van der Waals surface area contributed by atoms with E-state index in [1.807, 2.05) is 0 Å². The van der Waals surface area contributed by atoms with E-state index in [9.17, 15) is 13.2 Å². The van der Waals surface area contributed by atoms with Crippen LogP contribution in [-0.2, 0) is 23.1 Å². The minimum absolute atomic E-state index is 0.0981. The third-order valence-corrected chi connectivity index (χ3v) is 8.74. The number of nitriles is 1. The van der Waals surface area contributed by atoms with Crippen molar-refractivity contribution in [3.8, 4) is 6.07 Å². The first-order valence-electron chi connectivity index (χ1n) is 11.1. The first kappa shape index (κ1) is 24.8. The second-order valence-corrected chi connectivity index (χ2v) is 10.7. The molecule has 0 bridgehead atoms. The van der Waals surface area contributed by atoms with Crippen LogP contribution in [0.2, 0.25) is 0 Å². The fourth-order valence-corrected chi connectivity index (χ4v) is 6.56. The van der Waals surface area contributed by atoms with Gasteiger partial charge in [-0.05, 0) is 44.4 Å². The van der Waals surface area contributed by atoms with E-state index < -0.39 is 38.6 Å². The number of benzene rings is 2. The minimum atomic E-state index is -3.82. The van der Waals surface area contributed by atoms with Crippen molar-refractivity contribution in [3.63, 3.8) is 0 Å². The normalized spacial score (nSPS) is 20.9. The molecule has 1 fully saturated rings. The van der Waals surface area contributed by atoms with E-state index >= 15 is 8.78 Å². The summed E-state index contributed by atoms with van der Waals surface area (Å²) >= 11 is 0. The molecule has 1 aromatic heterocycles. The molecule has 1 aliphatic heterocycles. The quantitative estimate of drug-likeness (QED) is 0.507. The number of halogens is 2. The molecule has 8 nitrogen and oxygen atoms in total. The van der Waals surface area contributed by atoms with Crippen molar-refractivity contribution in [3.05, 3.63) is 87.2 Å². The highest BCUT2D eigenvalue weighted by molar-refractivity contribution is 7.89. The van der Waals surface area contributed by atoms with Crippen molar-refractivity contribution in [1.29, 1.82) is 5.26 Å². The summed E-state index contributed by atoms with van der Waals surface area (Å²) in [5, 5.41) is 11.9. The standard InChI is InChI=1S/C24H24F2N4O4S/c1-15-8-9-22(17-6-4-3-5-7-17)35(32,33)30(15)14-18-12-21(26)19(13-20(18)25)16(2)23-28-29(11-10-27)24(31)34-23/h3-7,12-13,15-16,22H,8-9,11,14H2,1-2H3/t15-,16?,22+/m0/s1. The molecule has 0 aliphatic carbocycles. The van der Waals surface area contributed by atoms with Crippen LogP contribution in [0.25, 0.3) is 0 Å². The zero-order valence-corrected chi connectivity index (χ0v) is 20.0. The van der Waals surface area contributed by atoms with Gasteiger partial charge in [0.15, 0.2) is 0 Å². The fraction of sp³-hybridized carbons (Fsp3) is 0.375. The predicted octanol–water partition coefficient (Wildman–Crippen LogP) is 3.85. The highest BCUT2D eigenvalue weighted by Crippen LogP contribution is 2.38. The topological polar surface area (TPSA) is 109 Å². The van der Waals surface area contributed by atoms with Crippen LogP contribution in [0.5, 0.6) is 0 Å². The molecule has 0 N–H and O–H groups in total. The van der Waals surface area contributed by atoms with Gasteiger partial charge in [-0.2, -0.15) is 14.2 Å². The Morgan fingerprint density at radius 3 is 2.60 bits per heavy atom. The maximum Gasteiger partial charge on any atom is 0.438 e. The van der Waals surface area contributed by atoms with Crippen LogP contribution in [0.3, 0.4) is 0 Å². The molecule has 3 aromatic rings. The van der Waals surface area contributed by atoms with Gasteiger partial charge in [-0.3, -0.25) is 0 Å². The Morgan fingerprint density at radius 2 is 1.91 bits per heavy atom. The third-order valence-electron chi connectivity index (χ3n) is 6.37. The smallest absolute Gasteiger partial charge is 0.392 e. The van der Waals surface area contributed by atoms with E-state index in [1.165, 1.54) is 11.2 Å². The molecular formula is C24H24F2N4O4S. The van der Waals surface area contributed by atoms with Crippen molar-refractivity contribution in [1.82, 2.24) is 14.1 Å². The van der Waals surface area contributed by atoms with Crippen LogP contribution in [0.15, 0.2) is 51.7 Å². The van der Waals surface area contributed by atoms with E-state index in [0.717, 1.165) is 16.8 Å². The number of nitrogens with zero attached hydrogens (tertiary/aromatic N) is 4. The lowest BCUT2D eigenvalue weighted by Gasteiger charge is -2.37. The molecule has 2 heterocycles. The SMILES string of the molecule is CC(c1nn(CC#N)c(=O)o1)c1cc(F)c(CN2[C@@H](C)CC[C@H](c3ccccc3)S2(=O)=O)cc1F. The van der Waals surface area contributed by atoms with Gasteiger partial charge in [0.05, 0.1) is 12.0 Å². The summed E-state index contributed by atoms with van der Waals surface area (Å²) < 4.78 is 64.0. The minimum Gasteiger partial charge on any atom is -0.392 e. The number of aromatic nitrogens is 2. The maximum absolute atomic E-state index is 15.1. The Hall–Kier alpha value is -3.36. The highest BCUT2D eigenvalue weighted by atomic mass is 32.2. The molecule has 0 spiro atoms. The van der Waals surface area contributed by atoms with E-state index in [2.05, 4.69) is 5.10 Å². The zero-order valence-electron chi connectivity index (χ0n) is 19.2. The summed E-state index contributed by atoms with van der Waals surface area (Å²) in [5.74, 6) is -3.51. The van der Waals surface area contributed by atoms with Gasteiger partial charge >= 0.3 is 5.76 Å². The molecule has 35 heavy (non-hydrogen) atoms. The molecule has 1 saturated heterocycles. The maximum atomic E-state index is 15.1.